The second kappa shape index (κ2) is 6.80. The van der Waals surface area contributed by atoms with Gasteiger partial charge < -0.3 is 10.5 Å². The second-order valence-electron chi connectivity index (χ2n) is 6.62. The molecule has 1 atom stereocenters. The van der Waals surface area contributed by atoms with Gasteiger partial charge in [-0.2, -0.15) is 0 Å². The van der Waals surface area contributed by atoms with Crippen LogP contribution in [0.15, 0.2) is 24.3 Å². The molecule has 1 unspecified atom stereocenters. The van der Waals surface area contributed by atoms with Crippen molar-refractivity contribution in [1.82, 2.24) is 4.90 Å². The van der Waals surface area contributed by atoms with Gasteiger partial charge in [0.15, 0.2) is 0 Å². The average Bonchev–Trinajstić information content (AvgIpc) is 2.90. The molecule has 3 nitrogen and oxygen atoms in total. The van der Waals surface area contributed by atoms with Crippen LogP contribution >= 0.6 is 0 Å². The van der Waals surface area contributed by atoms with E-state index >= 15 is 0 Å². The molecule has 1 aliphatic carbocycles. The lowest BCUT2D eigenvalue weighted by atomic mass is 9.90. The van der Waals surface area contributed by atoms with Gasteiger partial charge in [0.05, 0.1) is 0 Å². The largest absolute Gasteiger partial charge is 0.488 e. The van der Waals surface area contributed by atoms with Crippen molar-refractivity contribution in [2.24, 2.45) is 5.73 Å². The van der Waals surface area contributed by atoms with Gasteiger partial charge in [-0.1, -0.05) is 25.1 Å². The maximum atomic E-state index is 6.13. The Hall–Kier alpha value is -1.06. The van der Waals surface area contributed by atoms with Crippen molar-refractivity contribution in [1.29, 1.82) is 0 Å². The summed E-state index contributed by atoms with van der Waals surface area (Å²) in [6.45, 7) is 4.50. The molecule has 1 aliphatic heterocycles. The quantitative estimate of drug-likeness (QED) is 0.905. The van der Waals surface area contributed by atoms with E-state index in [1.165, 1.54) is 44.2 Å². The smallest absolute Gasteiger partial charge is 0.123 e. The number of nitrogens with zero attached hydrogens (tertiary/aromatic N) is 1. The van der Waals surface area contributed by atoms with E-state index in [9.17, 15) is 0 Å². The van der Waals surface area contributed by atoms with E-state index < -0.39 is 0 Å². The fraction of sp³-hybridized carbons (Fsp3) is 0.667. The van der Waals surface area contributed by atoms with Gasteiger partial charge >= 0.3 is 0 Å². The van der Waals surface area contributed by atoms with Crippen LogP contribution in [0.2, 0.25) is 0 Å². The van der Waals surface area contributed by atoms with Crippen molar-refractivity contribution in [2.75, 3.05) is 13.1 Å². The second-order valence-corrected chi connectivity index (χ2v) is 6.62. The van der Waals surface area contributed by atoms with Crippen molar-refractivity contribution in [3.63, 3.8) is 0 Å². The summed E-state index contributed by atoms with van der Waals surface area (Å²) in [6.07, 6.45) is 7.45. The molecule has 1 heterocycles. The number of fused-ring (bicyclic) bond motifs is 1. The molecule has 0 saturated heterocycles. The summed E-state index contributed by atoms with van der Waals surface area (Å²) in [5, 5.41) is 0. The van der Waals surface area contributed by atoms with Crippen molar-refractivity contribution in [2.45, 2.75) is 63.6 Å². The molecule has 0 amide bonds. The van der Waals surface area contributed by atoms with Gasteiger partial charge in [-0.05, 0) is 50.3 Å². The van der Waals surface area contributed by atoms with E-state index in [0.29, 0.717) is 18.2 Å². The number of nitrogens with two attached hydrogens (primary N) is 1. The molecule has 116 valence electrons. The minimum absolute atomic E-state index is 0.324. The topological polar surface area (TPSA) is 38.5 Å². The van der Waals surface area contributed by atoms with Crippen LogP contribution in [0.3, 0.4) is 0 Å². The highest BCUT2D eigenvalue weighted by Crippen LogP contribution is 2.30. The van der Waals surface area contributed by atoms with Gasteiger partial charge in [0.25, 0.3) is 0 Å². The minimum atomic E-state index is 0.324. The van der Waals surface area contributed by atoms with Gasteiger partial charge in [-0.3, -0.25) is 4.90 Å². The first-order valence-corrected chi connectivity index (χ1v) is 8.50. The maximum Gasteiger partial charge on any atom is 0.123 e. The average molecular weight is 288 g/mol. The Bertz CT molecular complexity index is 429. The first kappa shape index (κ1) is 14.9. The van der Waals surface area contributed by atoms with Crippen LogP contribution in [0.25, 0.3) is 0 Å². The zero-order chi connectivity index (χ0) is 14.7. The predicted octanol–water partition coefficient (Wildman–Crippen LogP) is 2.97. The summed E-state index contributed by atoms with van der Waals surface area (Å²) in [4.78, 5) is 2.66. The van der Waals surface area contributed by atoms with E-state index in [1.807, 2.05) is 0 Å². The van der Waals surface area contributed by atoms with Crippen LogP contribution in [-0.2, 0) is 6.42 Å². The van der Waals surface area contributed by atoms with E-state index in [2.05, 4.69) is 36.1 Å². The molecule has 21 heavy (non-hydrogen) atoms. The molecule has 0 spiro atoms. The lowest BCUT2D eigenvalue weighted by Crippen LogP contribution is -2.45. The first-order valence-electron chi connectivity index (χ1n) is 8.50. The number of benzene rings is 1. The first-order chi connectivity index (χ1) is 10.3. The molecule has 0 aromatic heterocycles. The molecule has 2 N–H and O–H groups in total. The Morgan fingerprint density at radius 1 is 1.19 bits per heavy atom. The van der Waals surface area contributed by atoms with Gasteiger partial charge in [-0.25, -0.2) is 0 Å². The lowest BCUT2D eigenvalue weighted by molar-refractivity contribution is 0.0938. The molecule has 1 aromatic rings. The van der Waals surface area contributed by atoms with Crippen LogP contribution in [0, 0.1) is 0 Å². The zero-order valence-corrected chi connectivity index (χ0v) is 13.1. The Labute approximate surface area is 128 Å². The minimum Gasteiger partial charge on any atom is -0.488 e. The van der Waals surface area contributed by atoms with Crippen LogP contribution in [-0.4, -0.2) is 36.2 Å². The monoisotopic (exact) mass is 288 g/mol. The summed E-state index contributed by atoms with van der Waals surface area (Å²) in [5.74, 6) is 1.09. The summed E-state index contributed by atoms with van der Waals surface area (Å²) in [7, 11) is 0. The summed E-state index contributed by atoms with van der Waals surface area (Å²) in [5.41, 5.74) is 7.41. The number of rotatable bonds is 5. The molecule has 2 aliphatic rings. The molecule has 3 heteroatoms. The third-order valence-electron chi connectivity index (χ3n) is 4.92. The highest BCUT2D eigenvalue weighted by atomic mass is 16.5. The molecular formula is C18H28N2O. The van der Waals surface area contributed by atoms with Crippen LogP contribution in [0.5, 0.6) is 5.75 Å². The van der Waals surface area contributed by atoms with E-state index in [0.717, 1.165) is 18.7 Å². The third-order valence-corrected chi connectivity index (χ3v) is 4.92. The van der Waals surface area contributed by atoms with Crippen molar-refractivity contribution in [3.8, 4) is 5.75 Å². The highest BCUT2D eigenvalue weighted by molar-refractivity contribution is 5.37. The molecule has 0 bridgehead atoms. The van der Waals surface area contributed by atoms with Gasteiger partial charge in [0, 0.05) is 25.0 Å². The Morgan fingerprint density at radius 3 is 2.67 bits per heavy atom. The van der Waals surface area contributed by atoms with Gasteiger partial charge in [0.1, 0.15) is 11.9 Å². The highest BCUT2D eigenvalue weighted by Gasteiger charge is 2.29. The summed E-state index contributed by atoms with van der Waals surface area (Å²) < 4.78 is 6.13. The van der Waals surface area contributed by atoms with Crippen LogP contribution in [0.1, 0.15) is 44.6 Å². The number of hydrogen-bond acceptors (Lipinski definition) is 3. The van der Waals surface area contributed by atoms with Gasteiger partial charge in [0.2, 0.25) is 0 Å². The molecule has 3 rings (SSSR count). The summed E-state index contributed by atoms with van der Waals surface area (Å²) in [6, 6.07) is 9.59. The predicted molar refractivity (Wildman–Crippen MR) is 86.7 cm³/mol. The van der Waals surface area contributed by atoms with Crippen molar-refractivity contribution >= 4 is 0 Å². The molecule has 1 aromatic carbocycles. The standard InChI is InChI=1S/C18H28N2O/c1-2-11-20(16-9-7-15(19)8-10-16)13-17-12-14-5-3-4-6-18(14)21-17/h3-6,15-17H,2,7-13,19H2,1H3. The number of hydrogen-bond donors (Lipinski definition) is 1. The fourth-order valence-electron chi connectivity index (χ4n) is 3.79. The number of ether oxygens (including phenoxy) is 1. The molecule has 1 saturated carbocycles. The summed E-state index contributed by atoms with van der Waals surface area (Å²) >= 11 is 0. The van der Waals surface area contributed by atoms with Crippen molar-refractivity contribution < 1.29 is 4.74 Å². The van der Waals surface area contributed by atoms with E-state index in [-0.39, 0.29) is 0 Å². The van der Waals surface area contributed by atoms with Crippen LogP contribution in [0.4, 0.5) is 0 Å². The number of para-hydroxylation sites is 1. The maximum absolute atomic E-state index is 6.13. The zero-order valence-electron chi connectivity index (χ0n) is 13.1. The fourth-order valence-corrected chi connectivity index (χ4v) is 3.79. The normalized spacial score (nSPS) is 28.4. The SMILES string of the molecule is CCCN(CC1Cc2ccccc2O1)C1CCC(N)CC1. The Morgan fingerprint density at radius 2 is 1.95 bits per heavy atom. The van der Waals surface area contributed by atoms with E-state index in [1.54, 1.807) is 0 Å². The molecule has 0 radical (unpaired) electrons. The van der Waals surface area contributed by atoms with E-state index in [4.69, 9.17) is 10.5 Å². The van der Waals surface area contributed by atoms with Crippen LogP contribution < -0.4 is 10.5 Å². The molecule has 1 fully saturated rings. The van der Waals surface area contributed by atoms with Gasteiger partial charge in [-0.15, -0.1) is 0 Å². The third kappa shape index (κ3) is 3.58. The van der Waals surface area contributed by atoms with Crippen molar-refractivity contribution in [3.05, 3.63) is 29.8 Å². The lowest BCUT2D eigenvalue weighted by Gasteiger charge is -2.37. The Kier molecular flexibility index (Phi) is 4.81. The Balaban J connectivity index is 1.59. The molecular weight excluding hydrogens is 260 g/mol.